The van der Waals surface area contributed by atoms with E-state index in [0.717, 1.165) is 29.1 Å². The molecule has 1 amide bonds. The van der Waals surface area contributed by atoms with E-state index in [0.29, 0.717) is 12.1 Å². The molecule has 1 aliphatic rings. The van der Waals surface area contributed by atoms with Crippen molar-refractivity contribution in [2.24, 2.45) is 0 Å². The minimum absolute atomic E-state index is 0.126. The molecule has 0 bridgehead atoms. The second-order valence-electron chi connectivity index (χ2n) is 5.67. The fourth-order valence-corrected chi connectivity index (χ4v) is 3.42. The molecule has 0 radical (unpaired) electrons. The Hall–Kier alpha value is -1.78. The van der Waals surface area contributed by atoms with Crippen LogP contribution in [0, 0.1) is 0 Å². The van der Waals surface area contributed by atoms with E-state index in [9.17, 15) is 9.90 Å². The molecule has 0 aliphatic heterocycles. The predicted octanol–water partition coefficient (Wildman–Crippen LogP) is 3.48. The number of nitrogens with one attached hydrogen (secondary N) is 1. The predicted molar refractivity (Wildman–Crippen MR) is 88.1 cm³/mol. The highest BCUT2D eigenvalue weighted by Crippen LogP contribution is 2.32. The first kappa shape index (κ1) is 15.1. The van der Waals surface area contributed by atoms with Gasteiger partial charge in [0, 0.05) is 16.3 Å². The van der Waals surface area contributed by atoms with Crippen LogP contribution in [0.4, 0.5) is 0 Å². The van der Waals surface area contributed by atoms with Crippen molar-refractivity contribution in [2.45, 2.75) is 34.7 Å². The molecule has 2 aromatic rings. The number of carbonyl (C=O) groups is 1. The van der Waals surface area contributed by atoms with Gasteiger partial charge in [0.2, 0.25) is 0 Å². The summed E-state index contributed by atoms with van der Waals surface area (Å²) >= 11 is 1.57. The monoisotopic (exact) mass is 313 g/mol. The van der Waals surface area contributed by atoms with Crippen LogP contribution in [0.1, 0.15) is 29.6 Å². The Morgan fingerprint density at radius 2 is 1.77 bits per heavy atom. The number of hydrogen-bond donors (Lipinski definition) is 2. The van der Waals surface area contributed by atoms with E-state index < -0.39 is 5.60 Å². The Bertz CT molecular complexity index is 653. The lowest BCUT2D eigenvalue weighted by Crippen LogP contribution is -2.47. The van der Waals surface area contributed by atoms with Crippen molar-refractivity contribution in [3.63, 3.8) is 0 Å². The molecular formula is C18H19NO2S. The summed E-state index contributed by atoms with van der Waals surface area (Å²) in [5.74, 6) is -0.126. The molecule has 0 unspecified atom stereocenters. The molecule has 4 heteroatoms. The Morgan fingerprint density at radius 3 is 2.45 bits per heavy atom. The molecule has 0 saturated heterocycles. The summed E-state index contributed by atoms with van der Waals surface area (Å²) in [7, 11) is 0. The average Bonchev–Trinajstić information content (AvgIpc) is 2.52. The largest absolute Gasteiger partial charge is 0.388 e. The van der Waals surface area contributed by atoms with Gasteiger partial charge < -0.3 is 10.4 Å². The van der Waals surface area contributed by atoms with E-state index in [1.807, 2.05) is 54.6 Å². The number of benzene rings is 2. The first-order valence-electron chi connectivity index (χ1n) is 7.49. The zero-order chi connectivity index (χ0) is 15.4. The van der Waals surface area contributed by atoms with Gasteiger partial charge in [-0.1, -0.05) is 42.1 Å². The third-order valence-corrected chi connectivity index (χ3v) is 5.05. The van der Waals surface area contributed by atoms with Gasteiger partial charge in [-0.25, -0.2) is 0 Å². The van der Waals surface area contributed by atoms with Gasteiger partial charge >= 0.3 is 0 Å². The number of aliphatic hydroxyl groups is 1. The van der Waals surface area contributed by atoms with Gasteiger partial charge in [0.15, 0.2) is 0 Å². The highest BCUT2D eigenvalue weighted by Gasteiger charge is 2.34. The molecule has 3 rings (SSSR count). The molecule has 0 spiro atoms. The molecule has 1 fully saturated rings. The Labute approximate surface area is 134 Å². The first-order valence-corrected chi connectivity index (χ1v) is 8.30. The van der Waals surface area contributed by atoms with E-state index >= 15 is 0 Å². The van der Waals surface area contributed by atoms with E-state index in [1.165, 1.54) is 0 Å². The van der Waals surface area contributed by atoms with Gasteiger partial charge in [-0.15, -0.1) is 0 Å². The van der Waals surface area contributed by atoms with Crippen molar-refractivity contribution in [1.82, 2.24) is 5.32 Å². The maximum atomic E-state index is 12.4. The fourth-order valence-electron chi connectivity index (χ4n) is 2.46. The van der Waals surface area contributed by atoms with Crippen molar-refractivity contribution in [1.29, 1.82) is 0 Å². The molecular weight excluding hydrogens is 294 g/mol. The second-order valence-corrected chi connectivity index (χ2v) is 6.79. The molecule has 3 nitrogen and oxygen atoms in total. The third kappa shape index (κ3) is 3.51. The zero-order valence-corrected chi connectivity index (χ0v) is 13.1. The molecule has 1 saturated carbocycles. The third-order valence-electron chi connectivity index (χ3n) is 3.96. The summed E-state index contributed by atoms with van der Waals surface area (Å²) in [4.78, 5) is 14.4. The number of carbonyl (C=O) groups excluding carboxylic acids is 1. The Balaban J connectivity index is 1.71. The smallest absolute Gasteiger partial charge is 0.252 e. The van der Waals surface area contributed by atoms with Crippen LogP contribution in [-0.4, -0.2) is 23.2 Å². The lowest BCUT2D eigenvalue weighted by Gasteiger charge is -2.36. The summed E-state index contributed by atoms with van der Waals surface area (Å²) in [6.45, 7) is 0.330. The summed E-state index contributed by atoms with van der Waals surface area (Å²) < 4.78 is 0. The zero-order valence-electron chi connectivity index (χ0n) is 12.3. The normalized spacial score (nSPS) is 15.9. The maximum Gasteiger partial charge on any atom is 0.252 e. The van der Waals surface area contributed by atoms with Crippen molar-refractivity contribution in [3.05, 3.63) is 60.2 Å². The van der Waals surface area contributed by atoms with E-state index in [1.54, 1.807) is 11.8 Å². The van der Waals surface area contributed by atoms with Gasteiger partial charge in [-0.3, -0.25) is 4.79 Å². The van der Waals surface area contributed by atoms with Gasteiger partial charge in [0.05, 0.1) is 11.2 Å². The Kier molecular flexibility index (Phi) is 4.50. The van der Waals surface area contributed by atoms with Crippen molar-refractivity contribution < 1.29 is 9.90 Å². The van der Waals surface area contributed by atoms with Crippen molar-refractivity contribution in [2.75, 3.05) is 6.54 Å². The summed E-state index contributed by atoms with van der Waals surface area (Å²) in [6, 6.07) is 17.6. The molecule has 0 aromatic heterocycles. The van der Waals surface area contributed by atoms with E-state index in [2.05, 4.69) is 5.32 Å². The van der Waals surface area contributed by atoms with Crippen LogP contribution in [0.25, 0.3) is 0 Å². The van der Waals surface area contributed by atoms with Gasteiger partial charge in [-0.05, 0) is 43.5 Å². The minimum atomic E-state index is -0.697. The van der Waals surface area contributed by atoms with Crippen LogP contribution in [0.5, 0.6) is 0 Å². The molecule has 0 heterocycles. The van der Waals surface area contributed by atoms with E-state index in [4.69, 9.17) is 0 Å². The van der Waals surface area contributed by atoms with Crippen LogP contribution in [0.2, 0.25) is 0 Å². The number of amides is 1. The highest BCUT2D eigenvalue weighted by atomic mass is 32.2. The molecule has 0 atom stereocenters. The van der Waals surface area contributed by atoms with Crippen LogP contribution in [0.3, 0.4) is 0 Å². The topological polar surface area (TPSA) is 49.3 Å². The van der Waals surface area contributed by atoms with Crippen LogP contribution >= 0.6 is 11.8 Å². The van der Waals surface area contributed by atoms with Crippen molar-refractivity contribution in [3.8, 4) is 0 Å². The molecule has 1 aliphatic carbocycles. The lowest BCUT2D eigenvalue weighted by atomic mass is 9.80. The van der Waals surface area contributed by atoms with Gasteiger partial charge in [0.1, 0.15) is 0 Å². The van der Waals surface area contributed by atoms with Crippen molar-refractivity contribution >= 4 is 17.7 Å². The average molecular weight is 313 g/mol. The quantitative estimate of drug-likeness (QED) is 0.888. The highest BCUT2D eigenvalue weighted by molar-refractivity contribution is 7.99. The summed E-state index contributed by atoms with van der Waals surface area (Å²) in [5.41, 5.74) is -0.0451. The molecule has 22 heavy (non-hydrogen) atoms. The first-order chi connectivity index (χ1) is 10.7. The minimum Gasteiger partial charge on any atom is -0.388 e. The van der Waals surface area contributed by atoms with Gasteiger partial charge in [0.25, 0.3) is 5.91 Å². The molecule has 2 N–H and O–H groups in total. The maximum absolute atomic E-state index is 12.4. The standard InChI is InChI=1S/C18H19NO2S/c20-17(19-13-18(21)11-6-12-18)15-9-4-5-10-16(15)22-14-7-2-1-3-8-14/h1-5,7-10,21H,6,11-13H2,(H,19,20). The Morgan fingerprint density at radius 1 is 1.09 bits per heavy atom. The number of rotatable bonds is 5. The lowest BCUT2D eigenvalue weighted by molar-refractivity contribution is -0.0300. The molecule has 2 aromatic carbocycles. The fraction of sp³-hybridized carbons (Fsp3) is 0.278. The summed E-state index contributed by atoms with van der Waals surface area (Å²) in [5, 5.41) is 13.0. The van der Waals surface area contributed by atoms with Crippen LogP contribution in [0.15, 0.2) is 64.4 Å². The summed E-state index contributed by atoms with van der Waals surface area (Å²) in [6.07, 6.45) is 2.58. The SMILES string of the molecule is O=C(NCC1(O)CCC1)c1ccccc1Sc1ccccc1. The van der Waals surface area contributed by atoms with Crippen LogP contribution < -0.4 is 5.32 Å². The van der Waals surface area contributed by atoms with Gasteiger partial charge in [-0.2, -0.15) is 0 Å². The molecule has 114 valence electrons. The second kappa shape index (κ2) is 6.55. The van der Waals surface area contributed by atoms with Crippen LogP contribution in [-0.2, 0) is 0 Å². The van der Waals surface area contributed by atoms with E-state index in [-0.39, 0.29) is 5.91 Å². The number of hydrogen-bond acceptors (Lipinski definition) is 3.